The normalized spacial score (nSPS) is 10.2. The lowest BCUT2D eigenvalue weighted by molar-refractivity contribution is 0.410. The van der Waals surface area contributed by atoms with Crippen molar-refractivity contribution in [1.29, 1.82) is 0 Å². The molecule has 0 heterocycles. The number of ether oxygens (including phenoxy) is 1. The van der Waals surface area contributed by atoms with Crippen molar-refractivity contribution < 1.29 is 9.13 Å². The highest BCUT2D eigenvalue weighted by atomic mass is 19.1. The van der Waals surface area contributed by atoms with Gasteiger partial charge < -0.3 is 10.1 Å². The minimum Gasteiger partial charge on any atom is -0.496 e. The zero-order chi connectivity index (χ0) is 13.0. The van der Waals surface area contributed by atoms with E-state index in [1.807, 2.05) is 37.3 Å². The van der Waals surface area contributed by atoms with E-state index < -0.39 is 0 Å². The van der Waals surface area contributed by atoms with Gasteiger partial charge >= 0.3 is 0 Å². The van der Waals surface area contributed by atoms with Gasteiger partial charge in [-0.3, -0.25) is 0 Å². The van der Waals surface area contributed by atoms with E-state index >= 15 is 0 Å². The van der Waals surface area contributed by atoms with Crippen LogP contribution in [0.4, 0.5) is 10.1 Å². The van der Waals surface area contributed by atoms with E-state index in [2.05, 4.69) is 5.32 Å². The predicted octanol–water partition coefficient (Wildman–Crippen LogP) is 3.75. The maximum atomic E-state index is 13.6. The summed E-state index contributed by atoms with van der Waals surface area (Å²) in [4.78, 5) is 0. The highest BCUT2D eigenvalue weighted by Gasteiger charge is 2.06. The second-order valence-corrected chi connectivity index (χ2v) is 4.10. The molecule has 0 saturated carbocycles. The number of aryl methyl sites for hydroxylation is 1. The summed E-state index contributed by atoms with van der Waals surface area (Å²) in [7, 11) is 1.63. The fraction of sp³-hybridized carbons (Fsp3) is 0.200. The van der Waals surface area contributed by atoms with Gasteiger partial charge in [-0.2, -0.15) is 0 Å². The van der Waals surface area contributed by atoms with E-state index in [4.69, 9.17) is 4.74 Å². The van der Waals surface area contributed by atoms with E-state index in [0.29, 0.717) is 12.2 Å². The molecule has 0 aromatic heterocycles. The van der Waals surface area contributed by atoms with Gasteiger partial charge in [0.05, 0.1) is 12.8 Å². The van der Waals surface area contributed by atoms with Crippen LogP contribution in [0.1, 0.15) is 11.1 Å². The molecular formula is C15H16FNO. The van der Waals surface area contributed by atoms with Crippen molar-refractivity contribution in [3.05, 3.63) is 59.4 Å². The highest BCUT2D eigenvalue weighted by molar-refractivity contribution is 5.52. The Balaban J connectivity index is 2.16. The van der Waals surface area contributed by atoms with Crippen LogP contribution in [0, 0.1) is 12.7 Å². The zero-order valence-electron chi connectivity index (χ0n) is 10.5. The molecule has 2 aromatic rings. The molecule has 0 aliphatic rings. The molecule has 94 valence electrons. The number of halogens is 1. The molecular weight excluding hydrogens is 229 g/mol. The van der Waals surface area contributed by atoms with E-state index in [-0.39, 0.29) is 5.82 Å². The van der Waals surface area contributed by atoms with E-state index in [0.717, 1.165) is 16.9 Å². The molecule has 0 radical (unpaired) electrons. The third kappa shape index (κ3) is 2.62. The number of methoxy groups -OCH3 is 1. The van der Waals surface area contributed by atoms with Crippen molar-refractivity contribution in [2.24, 2.45) is 0 Å². The molecule has 0 bridgehead atoms. The molecule has 0 fully saturated rings. The molecule has 0 amide bonds. The van der Waals surface area contributed by atoms with Crippen LogP contribution < -0.4 is 10.1 Å². The maximum absolute atomic E-state index is 13.6. The Morgan fingerprint density at radius 1 is 1.11 bits per heavy atom. The number of hydrogen-bond acceptors (Lipinski definition) is 2. The van der Waals surface area contributed by atoms with Crippen molar-refractivity contribution >= 4 is 5.69 Å². The van der Waals surface area contributed by atoms with E-state index in [9.17, 15) is 4.39 Å². The first-order valence-electron chi connectivity index (χ1n) is 5.83. The summed E-state index contributed by atoms with van der Waals surface area (Å²) in [5.74, 6) is 0.573. The van der Waals surface area contributed by atoms with Gasteiger partial charge in [-0.15, -0.1) is 0 Å². The summed E-state index contributed by atoms with van der Waals surface area (Å²) in [6.07, 6.45) is 0. The Labute approximate surface area is 106 Å². The quantitative estimate of drug-likeness (QED) is 0.885. The second kappa shape index (κ2) is 5.54. The van der Waals surface area contributed by atoms with Crippen LogP contribution in [0.5, 0.6) is 5.75 Å². The molecule has 0 saturated heterocycles. The average molecular weight is 245 g/mol. The summed E-state index contributed by atoms with van der Waals surface area (Å²) >= 11 is 0. The Hall–Kier alpha value is -2.03. The summed E-state index contributed by atoms with van der Waals surface area (Å²) in [6.45, 7) is 2.42. The Morgan fingerprint density at radius 3 is 2.61 bits per heavy atom. The van der Waals surface area contributed by atoms with Crippen molar-refractivity contribution in [1.82, 2.24) is 0 Å². The van der Waals surface area contributed by atoms with Gasteiger partial charge in [-0.05, 0) is 24.6 Å². The van der Waals surface area contributed by atoms with Gasteiger partial charge in [-0.1, -0.05) is 30.3 Å². The first-order valence-corrected chi connectivity index (χ1v) is 5.83. The molecule has 18 heavy (non-hydrogen) atoms. The first-order chi connectivity index (χ1) is 8.72. The smallest absolute Gasteiger partial charge is 0.146 e. The van der Waals surface area contributed by atoms with Crippen molar-refractivity contribution in [3.8, 4) is 5.75 Å². The Morgan fingerprint density at radius 2 is 1.89 bits per heavy atom. The SMILES string of the molecule is COc1ccccc1CNc1c(C)cccc1F. The number of anilines is 1. The van der Waals surface area contributed by atoms with Gasteiger partial charge in [0, 0.05) is 12.1 Å². The molecule has 0 spiro atoms. The largest absolute Gasteiger partial charge is 0.496 e. The van der Waals surface area contributed by atoms with Crippen LogP contribution in [-0.2, 0) is 6.54 Å². The monoisotopic (exact) mass is 245 g/mol. The lowest BCUT2D eigenvalue weighted by Gasteiger charge is -2.12. The topological polar surface area (TPSA) is 21.3 Å². The molecule has 0 unspecified atom stereocenters. The van der Waals surface area contributed by atoms with Crippen molar-refractivity contribution in [3.63, 3.8) is 0 Å². The molecule has 3 heteroatoms. The summed E-state index contributed by atoms with van der Waals surface area (Å²) in [6, 6.07) is 12.8. The van der Waals surface area contributed by atoms with Crippen LogP contribution in [0.15, 0.2) is 42.5 Å². The number of hydrogen-bond donors (Lipinski definition) is 1. The minimum absolute atomic E-state index is 0.232. The first kappa shape index (κ1) is 12.4. The van der Waals surface area contributed by atoms with Crippen LogP contribution in [0.3, 0.4) is 0 Å². The van der Waals surface area contributed by atoms with Gasteiger partial charge in [0.15, 0.2) is 0 Å². The lowest BCUT2D eigenvalue weighted by atomic mass is 10.1. The Bertz CT molecular complexity index is 520. The van der Waals surface area contributed by atoms with Crippen molar-refractivity contribution in [2.45, 2.75) is 13.5 Å². The fourth-order valence-electron chi connectivity index (χ4n) is 1.89. The second-order valence-electron chi connectivity index (χ2n) is 4.10. The average Bonchev–Trinajstić information content (AvgIpc) is 2.38. The molecule has 2 rings (SSSR count). The molecule has 0 atom stereocenters. The number of benzene rings is 2. The summed E-state index contributed by atoms with van der Waals surface area (Å²) < 4.78 is 18.9. The molecule has 1 N–H and O–H groups in total. The number of rotatable bonds is 4. The van der Waals surface area contributed by atoms with Gasteiger partial charge in [0.2, 0.25) is 0 Å². The van der Waals surface area contributed by atoms with E-state index in [1.165, 1.54) is 6.07 Å². The van der Waals surface area contributed by atoms with Crippen LogP contribution in [-0.4, -0.2) is 7.11 Å². The summed E-state index contributed by atoms with van der Waals surface area (Å²) in [5.41, 5.74) is 2.44. The maximum Gasteiger partial charge on any atom is 0.146 e. The van der Waals surface area contributed by atoms with Crippen molar-refractivity contribution in [2.75, 3.05) is 12.4 Å². The third-order valence-electron chi connectivity index (χ3n) is 2.87. The molecule has 0 aliphatic carbocycles. The van der Waals surface area contributed by atoms with Gasteiger partial charge in [-0.25, -0.2) is 4.39 Å². The summed E-state index contributed by atoms with van der Waals surface area (Å²) in [5, 5.41) is 3.12. The Kier molecular flexibility index (Phi) is 3.82. The van der Waals surface area contributed by atoms with Crippen LogP contribution in [0.2, 0.25) is 0 Å². The van der Waals surface area contributed by atoms with E-state index in [1.54, 1.807) is 13.2 Å². The molecule has 0 aliphatic heterocycles. The number of nitrogens with one attached hydrogen (secondary N) is 1. The standard InChI is InChI=1S/C15H16FNO/c1-11-6-5-8-13(16)15(11)17-10-12-7-3-4-9-14(12)18-2/h3-9,17H,10H2,1-2H3. The minimum atomic E-state index is -0.232. The van der Waals surface area contributed by atoms with Gasteiger partial charge in [0.25, 0.3) is 0 Å². The lowest BCUT2D eigenvalue weighted by Crippen LogP contribution is -2.04. The van der Waals surface area contributed by atoms with Gasteiger partial charge in [0.1, 0.15) is 11.6 Å². The van der Waals surface area contributed by atoms with Crippen LogP contribution in [0.25, 0.3) is 0 Å². The third-order valence-corrected chi connectivity index (χ3v) is 2.87. The highest BCUT2D eigenvalue weighted by Crippen LogP contribution is 2.22. The zero-order valence-corrected chi connectivity index (χ0v) is 10.5. The molecule has 2 nitrogen and oxygen atoms in total. The predicted molar refractivity (Wildman–Crippen MR) is 71.5 cm³/mol. The number of para-hydroxylation sites is 2. The molecule has 2 aromatic carbocycles. The fourth-order valence-corrected chi connectivity index (χ4v) is 1.89. The van der Waals surface area contributed by atoms with Crippen LogP contribution >= 0.6 is 0 Å².